The quantitative estimate of drug-likeness (QED) is 0.738. The van der Waals surface area contributed by atoms with Gasteiger partial charge in [-0.2, -0.15) is 0 Å². The lowest BCUT2D eigenvalue weighted by Gasteiger charge is -2.47. The van der Waals surface area contributed by atoms with E-state index in [2.05, 4.69) is 4.90 Å². The van der Waals surface area contributed by atoms with Crippen LogP contribution in [0.5, 0.6) is 0 Å². The molecule has 2 nitrogen and oxygen atoms in total. The summed E-state index contributed by atoms with van der Waals surface area (Å²) < 4.78 is 0. The zero-order valence-electron chi connectivity index (χ0n) is 10.3. The van der Waals surface area contributed by atoms with Crippen LogP contribution in [0.1, 0.15) is 57.8 Å². The van der Waals surface area contributed by atoms with Gasteiger partial charge in [-0.05, 0) is 57.4 Å². The van der Waals surface area contributed by atoms with Gasteiger partial charge in [-0.3, -0.25) is 4.90 Å². The van der Waals surface area contributed by atoms with Gasteiger partial charge >= 0.3 is 0 Å². The van der Waals surface area contributed by atoms with E-state index in [0.29, 0.717) is 6.04 Å². The molecule has 2 saturated carbocycles. The van der Waals surface area contributed by atoms with Crippen molar-refractivity contribution in [3.8, 4) is 0 Å². The minimum atomic E-state index is -0.0272. The summed E-state index contributed by atoms with van der Waals surface area (Å²) in [6, 6.07) is 1.33. The maximum absolute atomic E-state index is 10.1. The van der Waals surface area contributed by atoms with E-state index < -0.39 is 0 Å². The fourth-order valence-corrected chi connectivity index (χ4v) is 4.38. The number of nitrogens with zero attached hydrogens (tertiary/aromatic N) is 1. The summed E-state index contributed by atoms with van der Waals surface area (Å²) in [5, 5.41) is 10.1. The van der Waals surface area contributed by atoms with Crippen LogP contribution in [-0.2, 0) is 0 Å². The molecule has 92 valence electrons. The Kier molecular flexibility index (Phi) is 3.21. The summed E-state index contributed by atoms with van der Waals surface area (Å²) in [6.07, 6.45) is 12.0. The summed E-state index contributed by atoms with van der Waals surface area (Å²) in [5.41, 5.74) is 0. The smallest absolute Gasteiger partial charge is 0.0695 e. The van der Waals surface area contributed by atoms with Crippen molar-refractivity contribution in [2.24, 2.45) is 5.92 Å². The maximum atomic E-state index is 10.1. The first-order valence-corrected chi connectivity index (χ1v) is 7.30. The molecule has 0 bridgehead atoms. The zero-order chi connectivity index (χ0) is 11.0. The van der Waals surface area contributed by atoms with Gasteiger partial charge in [0.05, 0.1) is 6.10 Å². The Labute approximate surface area is 99.0 Å². The molecule has 3 rings (SSSR count). The number of rotatable bonds is 1. The summed E-state index contributed by atoms with van der Waals surface area (Å²) in [4.78, 5) is 2.70. The molecule has 0 aromatic carbocycles. The van der Waals surface area contributed by atoms with E-state index in [-0.39, 0.29) is 6.10 Å². The summed E-state index contributed by atoms with van der Waals surface area (Å²) in [6.45, 7) is 1.25. The van der Waals surface area contributed by atoms with E-state index >= 15 is 0 Å². The highest BCUT2D eigenvalue weighted by molar-refractivity contribution is 4.94. The molecule has 1 N–H and O–H groups in total. The van der Waals surface area contributed by atoms with E-state index in [9.17, 15) is 5.11 Å². The molecular weight excluding hydrogens is 198 g/mol. The van der Waals surface area contributed by atoms with Crippen molar-refractivity contribution in [1.29, 1.82) is 0 Å². The van der Waals surface area contributed by atoms with Gasteiger partial charge in [-0.25, -0.2) is 0 Å². The van der Waals surface area contributed by atoms with Crippen molar-refractivity contribution in [1.82, 2.24) is 4.90 Å². The van der Waals surface area contributed by atoms with Gasteiger partial charge in [-0.15, -0.1) is 0 Å². The number of aliphatic hydroxyl groups is 1. The predicted octanol–water partition coefficient (Wildman–Crippen LogP) is 2.55. The fourth-order valence-electron chi connectivity index (χ4n) is 4.38. The summed E-state index contributed by atoms with van der Waals surface area (Å²) >= 11 is 0. The molecule has 1 aliphatic heterocycles. The third kappa shape index (κ3) is 1.91. The molecule has 3 aliphatic rings. The number of piperidine rings is 1. The van der Waals surface area contributed by atoms with Crippen molar-refractivity contribution >= 4 is 0 Å². The van der Waals surface area contributed by atoms with Gasteiger partial charge in [-0.1, -0.05) is 12.8 Å². The molecule has 0 aromatic heterocycles. The molecular formula is C14H25NO. The van der Waals surface area contributed by atoms with Crippen LogP contribution in [0.15, 0.2) is 0 Å². The molecule has 0 spiro atoms. The minimum Gasteiger partial charge on any atom is -0.391 e. The largest absolute Gasteiger partial charge is 0.391 e. The van der Waals surface area contributed by atoms with E-state index in [1.54, 1.807) is 0 Å². The Balaban J connectivity index is 1.72. The fraction of sp³-hybridized carbons (Fsp3) is 1.00. The monoisotopic (exact) mass is 223 g/mol. The van der Waals surface area contributed by atoms with E-state index in [1.807, 2.05) is 0 Å². The first kappa shape index (κ1) is 11.0. The summed E-state index contributed by atoms with van der Waals surface area (Å²) in [7, 11) is 0. The van der Waals surface area contributed by atoms with Gasteiger partial charge in [0.1, 0.15) is 0 Å². The third-order valence-electron chi connectivity index (χ3n) is 5.16. The lowest BCUT2D eigenvalue weighted by atomic mass is 9.77. The average molecular weight is 223 g/mol. The number of aliphatic hydroxyl groups excluding tert-OH is 1. The maximum Gasteiger partial charge on any atom is 0.0695 e. The Morgan fingerprint density at radius 2 is 1.50 bits per heavy atom. The van der Waals surface area contributed by atoms with Crippen LogP contribution in [0, 0.1) is 5.92 Å². The Morgan fingerprint density at radius 1 is 0.750 bits per heavy atom. The molecule has 0 aromatic rings. The second kappa shape index (κ2) is 4.66. The van der Waals surface area contributed by atoms with Crippen molar-refractivity contribution in [2.75, 3.05) is 6.54 Å². The first-order valence-electron chi connectivity index (χ1n) is 7.30. The first-order chi connectivity index (χ1) is 7.86. The topological polar surface area (TPSA) is 23.5 Å². The van der Waals surface area contributed by atoms with E-state index in [4.69, 9.17) is 0 Å². The van der Waals surface area contributed by atoms with Gasteiger partial charge in [0.2, 0.25) is 0 Å². The van der Waals surface area contributed by atoms with Crippen LogP contribution in [0.2, 0.25) is 0 Å². The van der Waals surface area contributed by atoms with Crippen molar-refractivity contribution in [3.63, 3.8) is 0 Å². The van der Waals surface area contributed by atoms with Gasteiger partial charge in [0.15, 0.2) is 0 Å². The van der Waals surface area contributed by atoms with E-state index in [0.717, 1.165) is 18.4 Å². The second-order valence-corrected chi connectivity index (χ2v) is 6.06. The Morgan fingerprint density at radius 3 is 2.31 bits per heavy atom. The van der Waals surface area contributed by atoms with Gasteiger partial charge in [0, 0.05) is 12.1 Å². The molecule has 3 fully saturated rings. The molecule has 4 atom stereocenters. The van der Waals surface area contributed by atoms with Crippen LogP contribution in [0.4, 0.5) is 0 Å². The lowest BCUT2D eigenvalue weighted by Crippen LogP contribution is -2.53. The molecule has 16 heavy (non-hydrogen) atoms. The number of hydrogen-bond donors (Lipinski definition) is 1. The normalized spacial score (nSPS) is 45.6. The third-order valence-corrected chi connectivity index (χ3v) is 5.16. The molecule has 1 saturated heterocycles. The number of likely N-dealkylation sites (tertiary alicyclic amines) is 1. The zero-order valence-corrected chi connectivity index (χ0v) is 10.3. The standard InChI is InChI=1S/C14H25NO/c16-14-9-3-8-13(14)15-10-4-6-11-5-1-2-7-12(11)15/h11-14,16H,1-10H2/t11-,12-,13-,14-/m1/s1. The average Bonchev–Trinajstić information content (AvgIpc) is 2.75. The molecule has 2 aliphatic carbocycles. The van der Waals surface area contributed by atoms with Crippen molar-refractivity contribution in [3.05, 3.63) is 0 Å². The van der Waals surface area contributed by atoms with Crippen LogP contribution in [0.3, 0.4) is 0 Å². The van der Waals surface area contributed by atoms with Crippen molar-refractivity contribution in [2.45, 2.75) is 76.0 Å². The molecule has 2 heteroatoms. The van der Waals surface area contributed by atoms with Crippen LogP contribution >= 0.6 is 0 Å². The minimum absolute atomic E-state index is 0.0272. The SMILES string of the molecule is O[C@@H]1CCC[C@H]1N1CCC[C@H]2CCCC[C@H]21. The number of hydrogen-bond acceptors (Lipinski definition) is 2. The summed E-state index contributed by atoms with van der Waals surface area (Å²) in [5.74, 6) is 0.954. The molecule has 0 amide bonds. The van der Waals surface area contributed by atoms with Gasteiger partial charge < -0.3 is 5.11 Å². The highest BCUT2D eigenvalue weighted by Gasteiger charge is 2.40. The van der Waals surface area contributed by atoms with E-state index in [1.165, 1.54) is 57.9 Å². The Hall–Kier alpha value is -0.0800. The number of fused-ring (bicyclic) bond motifs is 1. The molecule has 0 radical (unpaired) electrons. The van der Waals surface area contributed by atoms with Crippen molar-refractivity contribution < 1.29 is 5.11 Å². The molecule has 1 heterocycles. The molecule has 0 unspecified atom stereocenters. The highest BCUT2D eigenvalue weighted by atomic mass is 16.3. The van der Waals surface area contributed by atoms with Crippen LogP contribution < -0.4 is 0 Å². The van der Waals surface area contributed by atoms with Crippen LogP contribution in [0.25, 0.3) is 0 Å². The Bertz CT molecular complexity index is 241. The predicted molar refractivity (Wildman–Crippen MR) is 65.3 cm³/mol. The highest BCUT2D eigenvalue weighted by Crippen LogP contribution is 2.39. The lowest BCUT2D eigenvalue weighted by molar-refractivity contribution is -0.0143. The second-order valence-electron chi connectivity index (χ2n) is 6.06. The van der Waals surface area contributed by atoms with Gasteiger partial charge in [0.25, 0.3) is 0 Å². The van der Waals surface area contributed by atoms with Crippen LogP contribution in [-0.4, -0.2) is 34.7 Å².